The van der Waals surface area contributed by atoms with Crippen LogP contribution in [0.1, 0.15) is 97.7 Å². The Morgan fingerprint density at radius 2 is 1.67 bits per heavy atom. The van der Waals surface area contributed by atoms with Gasteiger partial charge < -0.3 is 4.42 Å². The first-order valence-corrected chi connectivity index (χ1v) is 20.9. The molecule has 5 aromatic rings. The monoisotopic (exact) mass is 624 g/mol. The van der Waals surface area contributed by atoms with E-state index >= 15 is 0 Å². The molecule has 234 valence electrons. The molecule has 1 fully saturated rings. The summed E-state index contributed by atoms with van der Waals surface area (Å²) in [6.07, 6.45) is 12.2. The summed E-state index contributed by atoms with van der Waals surface area (Å²) in [6, 6.07) is 20.9. The molecule has 1 aliphatic carbocycles. The van der Waals surface area contributed by atoms with Crippen LogP contribution in [0.25, 0.3) is 33.3 Å². The van der Waals surface area contributed by atoms with E-state index in [1.807, 2.05) is 6.92 Å². The van der Waals surface area contributed by atoms with Crippen molar-refractivity contribution in [2.45, 2.75) is 103 Å². The lowest BCUT2D eigenvalue weighted by Gasteiger charge is -2.34. The number of aromatic nitrogens is 2. The molecule has 2 aromatic carbocycles. The minimum atomic E-state index is -1.62. The number of pyridine rings is 2. The van der Waals surface area contributed by atoms with Crippen molar-refractivity contribution in [3.63, 3.8) is 0 Å². The van der Waals surface area contributed by atoms with E-state index in [2.05, 4.69) is 103 Å². The maximum atomic E-state index is 6.33. The SMILES string of the molecule is C=C1CC2C(CCc3cc4oc5nc(C)ccc5c4cc3/C(C)=N\1)c1ccccc1-c1cc(C3CCCCC3)c([Si](C)(C)C)c[n+]12. The second kappa shape index (κ2) is 11.2. The molecule has 3 aliphatic rings. The van der Waals surface area contributed by atoms with Gasteiger partial charge in [-0.15, -0.1) is 0 Å². The summed E-state index contributed by atoms with van der Waals surface area (Å²) in [4.78, 5) is 9.91. The highest BCUT2D eigenvalue weighted by Crippen LogP contribution is 2.45. The second-order valence-corrected chi connectivity index (χ2v) is 20.2. The van der Waals surface area contributed by atoms with Crippen LogP contribution in [-0.2, 0) is 6.42 Å². The van der Waals surface area contributed by atoms with E-state index in [0.29, 0.717) is 17.5 Å². The highest BCUT2D eigenvalue weighted by Gasteiger charge is 2.43. The van der Waals surface area contributed by atoms with Gasteiger partial charge in [0.1, 0.15) is 5.58 Å². The fraction of sp³-hybridized carbons (Fsp3) is 0.390. The van der Waals surface area contributed by atoms with E-state index in [0.717, 1.165) is 52.7 Å². The quantitative estimate of drug-likeness (QED) is 0.145. The molecule has 1 saturated carbocycles. The maximum Gasteiger partial charge on any atom is 0.227 e. The fourth-order valence-corrected chi connectivity index (χ4v) is 10.4. The van der Waals surface area contributed by atoms with Gasteiger partial charge in [0.15, 0.2) is 12.2 Å². The highest BCUT2D eigenvalue weighted by atomic mass is 28.3. The number of benzene rings is 2. The maximum absolute atomic E-state index is 6.33. The Morgan fingerprint density at radius 3 is 2.48 bits per heavy atom. The molecule has 46 heavy (non-hydrogen) atoms. The van der Waals surface area contributed by atoms with Crippen LogP contribution in [0.15, 0.2) is 82.5 Å². The second-order valence-electron chi connectivity index (χ2n) is 15.2. The van der Waals surface area contributed by atoms with Crippen LogP contribution < -0.4 is 9.75 Å². The predicted molar refractivity (Wildman–Crippen MR) is 193 cm³/mol. The Labute approximate surface area is 274 Å². The molecule has 5 heteroatoms. The molecule has 0 amide bonds. The largest absolute Gasteiger partial charge is 0.438 e. The normalized spacial score (nSPS) is 21.7. The first kappa shape index (κ1) is 29.6. The zero-order valence-electron chi connectivity index (χ0n) is 28.1. The molecule has 0 N–H and O–H groups in total. The standard InChI is InChI=1S/C41H46N3OSi/c1-25-16-18-33-36-22-34-27(3)42-26(2)20-37-32(19-17-29(34)21-39(36)45-41(33)43-25)30-14-10-11-15-31(30)38-23-35(28-12-8-7-9-13-28)40(24-44(37)38)46(4,5)6/h10-11,14-16,18,21-24,28,32,37H,2,7-9,12-13,17,19-20H2,1,3-6H3/q+1/b42-27-. The molecule has 8 rings (SSSR count). The smallest absolute Gasteiger partial charge is 0.227 e. The summed E-state index contributed by atoms with van der Waals surface area (Å²) in [6.45, 7) is 16.3. The van der Waals surface area contributed by atoms with E-state index in [4.69, 9.17) is 9.41 Å². The summed E-state index contributed by atoms with van der Waals surface area (Å²) >= 11 is 0. The van der Waals surface area contributed by atoms with Crippen molar-refractivity contribution < 1.29 is 8.98 Å². The molecular formula is C41H46N3OSi+. The molecule has 5 heterocycles. The van der Waals surface area contributed by atoms with Crippen molar-refractivity contribution >= 4 is 41.0 Å². The summed E-state index contributed by atoms with van der Waals surface area (Å²) in [7, 11) is -1.62. The molecule has 2 atom stereocenters. The zero-order valence-corrected chi connectivity index (χ0v) is 29.1. The molecule has 0 radical (unpaired) electrons. The molecule has 0 spiro atoms. The summed E-state index contributed by atoms with van der Waals surface area (Å²) < 4.78 is 9.00. The Kier molecular flexibility index (Phi) is 7.17. The number of allylic oxidation sites excluding steroid dienone is 1. The van der Waals surface area contributed by atoms with Crippen molar-refractivity contribution in [2.75, 3.05) is 0 Å². The number of hydrogen-bond acceptors (Lipinski definition) is 3. The van der Waals surface area contributed by atoms with Crippen LogP contribution in [0.5, 0.6) is 0 Å². The van der Waals surface area contributed by atoms with Crippen LogP contribution >= 0.6 is 0 Å². The number of aryl methyl sites for hydroxylation is 2. The van der Waals surface area contributed by atoms with Crippen LogP contribution in [0.3, 0.4) is 0 Å². The summed E-state index contributed by atoms with van der Waals surface area (Å²) in [5.74, 6) is 1.04. The minimum Gasteiger partial charge on any atom is -0.438 e. The van der Waals surface area contributed by atoms with Crippen LogP contribution in [0.4, 0.5) is 0 Å². The molecular weight excluding hydrogens is 579 g/mol. The van der Waals surface area contributed by atoms with Gasteiger partial charge in [-0.3, -0.25) is 4.99 Å². The number of aliphatic imine (C=N–C) groups is 1. The van der Waals surface area contributed by atoms with Gasteiger partial charge in [-0.1, -0.05) is 63.7 Å². The lowest BCUT2D eigenvalue weighted by atomic mass is 9.76. The minimum absolute atomic E-state index is 0.271. The van der Waals surface area contributed by atoms with Crippen molar-refractivity contribution in [1.82, 2.24) is 4.98 Å². The fourth-order valence-electron chi connectivity index (χ4n) is 8.77. The Hall–Kier alpha value is -3.83. The van der Waals surface area contributed by atoms with Gasteiger partial charge in [0.05, 0.1) is 14.5 Å². The Balaban J connectivity index is 1.28. The van der Waals surface area contributed by atoms with Crippen molar-refractivity contribution in [3.05, 3.63) is 101 Å². The molecule has 3 aromatic heterocycles. The molecule has 0 saturated heterocycles. The molecule has 0 bridgehead atoms. The third-order valence-electron chi connectivity index (χ3n) is 11.0. The van der Waals surface area contributed by atoms with Crippen LogP contribution in [0, 0.1) is 6.92 Å². The number of fused-ring (bicyclic) bond motifs is 10. The van der Waals surface area contributed by atoms with Gasteiger partial charge in [0.25, 0.3) is 0 Å². The number of nitrogens with zero attached hydrogens (tertiary/aromatic N) is 3. The van der Waals surface area contributed by atoms with Crippen LogP contribution in [-0.4, -0.2) is 18.8 Å². The average Bonchev–Trinajstić information content (AvgIpc) is 3.39. The summed E-state index contributed by atoms with van der Waals surface area (Å²) in [5.41, 5.74) is 13.0. The first-order valence-electron chi connectivity index (χ1n) is 17.4. The molecule has 4 nitrogen and oxygen atoms in total. The van der Waals surface area contributed by atoms with Crippen molar-refractivity contribution in [3.8, 4) is 11.3 Å². The van der Waals surface area contributed by atoms with E-state index in [9.17, 15) is 0 Å². The third kappa shape index (κ3) is 4.99. The van der Waals surface area contributed by atoms with Crippen molar-refractivity contribution in [1.29, 1.82) is 0 Å². The third-order valence-corrected chi connectivity index (χ3v) is 13.1. The van der Waals surface area contributed by atoms with Gasteiger partial charge in [-0.2, -0.15) is 4.57 Å². The van der Waals surface area contributed by atoms with Gasteiger partial charge in [0, 0.05) is 50.6 Å². The zero-order chi connectivity index (χ0) is 31.7. The topological polar surface area (TPSA) is 42.3 Å². The average molecular weight is 625 g/mol. The van der Waals surface area contributed by atoms with E-state index < -0.39 is 8.07 Å². The van der Waals surface area contributed by atoms with E-state index in [-0.39, 0.29) is 6.04 Å². The number of rotatable bonds is 2. The number of furan rings is 1. The van der Waals surface area contributed by atoms with Gasteiger partial charge in [-0.05, 0) is 98.0 Å². The highest BCUT2D eigenvalue weighted by molar-refractivity contribution is 6.89. The predicted octanol–water partition coefficient (Wildman–Crippen LogP) is 9.83. The Morgan fingerprint density at radius 1 is 0.870 bits per heavy atom. The van der Waals surface area contributed by atoms with E-state index in [1.165, 1.54) is 60.1 Å². The van der Waals surface area contributed by atoms with Gasteiger partial charge in [0.2, 0.25) is 11.4 Å². The van der Waals surface area contributed by atoms with Gasteiger partial charge >= 0.3 is 0 Å². The Bertz CT molecular complexity index is 2060. The van der Waals surface area contributed by atoms with E-state index in [1.54, 1.807) is 10.8 Å². The number of hydrogen-bond donors (Lipinski definition) is 0. The van der Waals surface area contributed by atoms with Crippen LogP contribution in [0.2, 0.25) is 19.6 Å². The molecule has 2 unspecified atom stereocenters. The first-order chi connectivity index (χ1) is 22.2. The molecule has 2 aliphatic heterocycles. The van der Waals surface area contributed by atoms with Crippen molar-refractivity contribution in [2.24, 2.45) is 4.99 Å². The van der Waals surface area contributed by atoms with Gasteiger partial charge in [-0.25, -0.2) is 4.98 Å². The lowest BCUT2D eigenvalue weighted by molar-refractivity contribution is -0.717. The summed E-state index contributed by atoms with van der Waals surface area (Å²) in [5, 5.41) is 3.81. The lowest BCUT2D eigenvalue weighted by Crippen LogP contribution is -2.54.